The molecule has 150 valence electrons. The third-order valence-corrected chi connectivity index (χ3v) is 7.22. The van der Waals surface area contributed by atoms with Crippen LogP contribution in [-0.4, -0.2) is 30.2 Å². The highest BCUT2D eigenvalue weighted by Gasteiger charge is 2.38. The third-order valence-electron chi connectivity index (χ3n) is 4.84. The Labute approximate surface area is 190 Å². The quantitative estimate of drug-likeness (QED) is 0.411. The number of nitrogens with one attached hydrogen (secondary N) is 1. The lowest BCUT2D eigenvalue weighted by Gasteiger charge is -2.22. The van der Waals surface area contributed by atoms with Crippen molar-refractivity contribution < 1.29 is 0 Å². The first-order valence-corrected chi connectivity index (χ1v) is 11.2. The van der Waals surface area contributed by atoms with Gasteiger partial charge < -0.3 is 4.57 Å². The number of quaternary nitrogens is 1. The minimum Gasteiger partial charge on any atom is -0.317 e. The van der Waals surface area contributed by atoms with Gasteiger partial charge in [-0.25, -0.2) is 10.1 Å². The lowest BCUT2D eigenvalue weighted by Crippen LogP contribution is -2.29. The fourth-order valence-electron chi connectivity index (χ4n) is 3.30. The number of hydrogen-bond donors (Lipinski definition) is 1. The summed E-state index contributed by atoms with van der Waals surface area (Å²) in [4.78, 5) is 4.64. The van der Waals surface area contributed by atoms with Crippen LogP contribution in [0.15, 0.2) is 51.8 Å². The zero-order chi connectivity index (χ0) is 20.4. The molecule has 0 amide bonds. The standard InChI is InChI=1S/C19H19Br2ClN7/c1-2-3-6-16-23-17(20)18(21)28(16)12-13-7-9-14(10-8-13)29(22)11-4-5-15(29)19-24-26-27-25-19/h4-5,7-11H,2-3,6,12H2,1H3,(H,24,25,26,27)/q+1. The maximum absolute atomic E-state index is 6.91. The topological polar surface area (TPSA) is 72.3 Å². The first kappa shape index (κ1) is 20.5. The summed E-state index contributed by atoms with van der Waals surface area (Å²) in [7, 11) is 0. The van der Waals surface area contributed by atoms with Gasteiger partial charge in [-0.2, -0.15) is 0 Å². The molecule has 29 heavy (non-hydrogen) atoms. The molecule has 2 aromatic heterocycles. The number of tetrazole rings is 1. The van der Waals surface area contributed by atoms with Crippen molar-refractivity contribution in [3.63, 3.8) is 0 Å². The summed E-state index contributed by atoms with van der Waals surface area (Å²) < 4.78 is 3.97. The molecule has 0 radical (unpaired) electrons. The number of H-pyrrole nitrogens is 1. The molecule has 1 atom stereocenters. The lowest BCUT2D eigenvalue weighted by molar-refractivity contribution is 0.670. The molecule has 1 aliphatic rings. The van der Waals surface area contributed by atoms with E-state index in [2.05, 4.69) is 81.1 Å². The number of aromatic nitrogens is 6. The summed E-state index contributed by atoms with van der Waals surface area (Å²) in [6.07, 6.45) is 8.89. The van der Waals surface area contributed by atoms with Gasteiger partial charge in [0.25, 0.3) is 0 Å². The van der Waals surface area contributed by atoms with Crippen LogP contribution in [0.25, 0.3) is 5.70 Å². The summed E-state index contributed by atoms with van der Waals surface area (Å²) in [5.41, 5.74) is 2.84. The molecule has 3 heterocycles. The van der Waals surface area contributed by atoms with E-state index in [1.165, 1.54) is 0 Å². The van der Waals surface area contributed by atoms with E-state index in [4.69, 9.17) is 11.8 Å². The van der Waals surface area contributed by atoms with E-state index < -0.39 is 0 Å². The number of allylic oxidation sites excluding steroid dienone is 2. The van der Waals surface area contributed by atoms with Crippen LogP contribution in [0.4, 0.5) is 5.69 Å². The second-order valence-corrected chi connectivity index (χ2v) is 8.78. The van der Waals surface area contributed by atoms with Crippen LogP contribution >= 0.6 is 43.6 Å². The second-order valence-electron chi connectivity index (χ2n) is 6.75. The second kappa shape index (κ2) is 8.51. The van der Waals surface area contributed by atoms with E-state index in [0.717, 1.165) is 57.8 Å². The molecular weight excluding hydrogens is 522 g/mol. The SMILES string of the molecule is CCCCc1nc(Br)c(Br)n1Cc1ccc([N+]2(Cl)C=CC=C2c2nnn[nH]2)cc1. The molecule has 0 bridgehead atoms. The number of imidazole rings is 1. The molecule has 0 saturated carbocycles. The monoisotopic (exact) mass is 538 g/mol. The Hall–Kier alpha value is -1.81. The van der Waals surface area contributed by atoms with Gasteiger partial charge in [0.1, 0.15) is 21.2 Å². The highest BCUT2D eigenvalue weighted by atomic mass is 79.9. The van der Waals surface area contributed by atoms with Crippen molar-refractivity contribution in [2.24, 2.45) is 0 Å². The van der Waals surface area contributed by atoms with Crippen molar-refractivity contribution in [3.05, 3.63) is 69.0 Å². The normalized spacial score (nSPS) is 18.4. The van der Waals surface area contributed by atoms with Gasteiger partial charge in [-0.15, -0.1) is 9.10 Å². The van der Waals surface area contributed by atoms with Gasteiger partial charge in [0.15, 0.2) is 17.5 Å². The van der Waals surface area contributed by atoms with Crippen molar-refractivity contribution >= 4 is 55.0 Å². The molecular formula is C19H19Br2ClN7+. The van der Waals surface area contributed by atoms with E-state index >= 15 is 0 Å². The van der Waals surface area contributed by atoms with Gasteiger partial charge in [0.2, 0.25) is 11.5 Å². The number of rotatable bonds is 7. The van der Waals surface area contributed by atoms with Gasteiger partial charge in [0, 0.05) is 31.2 Å². The molecule has 1 N–H and O–H groups in total. The highest BCUT2D eigenvalue weighted by Crippen LogP contribution is 2.40. The van der Waals surface area contributed by atoms with Gasteiger partial charge in [-0.3, -0.25) is 0 Å². The summed E-state index contributed by atoms with van der Waals surface area (Å²) in [5.74, 6) is 1.61. The minimum atomic E-state index is -0.0147. The third kappa shape index (κ3) is 3.96. The molecule has 0 spiro atoms. The van der Waals surface area contributed by atoms with Gasteiger partial charge in [-0.05, 0) is 60.3 Å². The van der Waals surface area contributed by atoms with Gasteiger partial charge >= 0.3 is 0 Å². The molecule has 4 rings (SSSR count). The Kier molecular flexibility index (Phi) is 6.00. The molecule has 0 saturated heterocycles. The van der Waals surface area contributed by atoms with E-state index in [0.29, 0.717) is 5.82 Å². The number of aromatic amines is 1. The Morgan fingerprint density at radius 2 is 2.00 bits per heavy atom. The number of aryl methyl sites for hydroxylation is 1. The number of halogens is 3. The van der Waals surface area contributed by atoms with Crippen molar-refractivity contribution in [2.45, 2.75) is 32.7 Å². The zero-order valence-corrected chi connectivity index (χ0v) is 19.6. The Morgan fingerprint density at radius 3 is 2.69 bits per heavy atom. The number of unbranched alkanes of at least 4 members (excludes halogenated alkanes) is 1. The van der Waals surface area contributed by atoms with E-state index in [1.807, 2.05) is 30.5 Å². The summed E-state index contributed by atoms with van der Waals surface area (Å²) in [6.45, 7) is 2.91. The van der Waals surface area contributed by atoms with Crippen LogP contribution < -0.4 is 4.00 Å². The maximum atomic E-state index is 6.91. The molecule has 1 aliphatic heterocycles. The predicted octanol–water partition coefficient (Wildman–Crippen LogP) is 5.34. The van der Waals surface area contributed by atoms with E-state index in [1.54, 1.807) is 0 Å². The van der Waals surface area contributed by atoms with Crippen molar-refractivity contribution in [1.82, 2.24) is 34.2 Å². The van der Waals surface area contributed by atoms with Gasteiger partial charge in [0.05, 0.1) is 0 Å². The Morgan fingerprint density at radius 1 is 1.21 bits per heavy atom. The maximum Gasteiger partial charge on any atom is 0.236 e. The average molecular weight is 541 g/mol. The number of benzene rings is 1. The smallest absolute Gasteiger partial charge is 0.236 e. The van der Waals surface area contributed by atoms with Crippen LogP contribution in [-0.2, 0) is 13.0 Å². The van der Waals surface area contributed by atoms with Crippen molar-refractivity contribution in [1.29, 1.82) is 0 Å². The first-order chi connectivity index (χ1) is 14.0. The molecule has 7 nitrogen and oxygen atoms in total. The summed E-state index contributed by atoms with van der Waals surface area (Å²) in [6, 6.07) is 8.23. The van der Waals surface area contributed by atoms with Crippen LogP contribution in [0.2, 0.25) is 0 Å². The largest absolute Gasteiger partial charge is 0.317 e. The number of nitrogens with zero attached hydrogens (tertiary/aromatic N) is 6. The fourth-order valence-corrected chi connectivity index (χ4v) is 4.45. The molecule has 0 aliphatic carbocycles. The molecule has 0 fully saturated rings. The Bertz CT molecular complexity index is 1060. The van der Waals surface area contributed by atoms with Crippen molar-refractivity contribution in [2.75, 3.05) is 0 Å². The molecule has 10 heteroatoms. The highest BCUT2D eigenvalue weighted by molar-refractivity contribution is 9.13. The van der Waals surface area contributed by atoms with Crippen LogP contribution in [0.5, 0.6) is 0 Å². The lowest BCUT2D eigenvalue weighted by atomic mass is 10.1. The molecule has 1 unspecified atom stereocenters. The predicted molar refractivity (Wildman–Crippen MR) is 121 cm³/mol. The van der Waals surface area contributed by atoms with E-state index in [9.17, 15) is 0 Å². The van der Waals surface area contributed by atoms with Gasteiger partial charge in [-0.1, -0.05) is 25.5 Å². The van der Waals surface area contributed by atoms with Crippen LogP contribution in [0, 0.1) is 0 Å². The van der Waals surface area contributed by atoms with E-state index in [-0.39, 0.29) is 4.00 Å². The Balaban J connectivity index is 1.58. The molecule has 3 aromatic rings. The summed E-state index contributed by atoms with van der Waals surface area (Å²) >= 11 is 14.1. The molecule has 1 aromatic carbocycles. The fraction of sp³-hybridized carbons (Fsp3) is 0.263. The first-order valence-electron chi connectivity index (χ1n) is 9.25. The summed E-state index contributed by atoms with van der Waals surface area (Å²) in [5, 5.41) is 14.1. The van der Waals surface area contributed by atoms with Crippen LogP contribution in [0.1, 0.15) is 37.0 Å². The average Bonchev–Trinajstić information content (AvgIpc) is 3.44. The van der Waals surface area contributed by atoms with Crippen molar-refractivity contribution in [3.8, 4) is 0 Å². The zero-order valence-electron chi connectivity index (χ0n) is 15.7. The number of hydrogen-bond acceptors (Lipinski definition) is 4. The minimum absolute atomic E-state index is 0.0147. The van der Waals surface area contributed by atoms with Crippen LogP contribution in [0.3, 0.4) is 0 Å².